The van der Waals surface area contributed by atoms with E-state index in [1.807, 2.05) is 0 Å². The second kappa shape index (κ2) is 10.2. The Morgan fingerprint density at radius 2 is 2.27 bits per heavy atom. The van der Waals surface area contributed by atoms with Gasteiger partial charge in [0.2, 0.25) is 5.91 Å². The zero-order valence-electron chi connectivity index (χ0n) is 17.2. The molecule has 8 nitrogen and oxygen atoms in total. The number of aromatic nitrogens is 2. The molecule has 3 rings (SSSR count). The molecular formula is C20H26N4O4S2. The lowest BCUT2D eigenvalue weighted by molar-refractivity contribution is -0.117. The average molecular weight is 451 g/mol. The van der Waals surface area contributed by atoms with Gasteiger partial charge in [0.15, 0.2) is 5.16 Å². The van der Waals surface area contributed by atoms with Crippen LogP contribution in [0.15, 0.2) is 22.6 Å². The van der Waals surface area contributed by atoms with Crippen molar-refractivity contribution in [3.63, 3.8) is 0 Å². The van der Waals surface area contributed by atoms with Gasteiger partial charge in [-0.1, -0.05) is 24.8 Å². The van der Waals surface area contributed by atoms with Crippen molar-refractivity contribution in [3.05, 3.63) is 33.4 Å². The third-order valence-electron chi connectivity index (χ3n) is 4.87. The van der Waals surface area contributed by atoms with E-state index in [1.54, 1.807) is 22.0 Å². The summed E-state index contributed by atoms with van der Waals surface area (Å²) in [7, 11) is 1.53. The molecule has 2 N–H and O–H groups in total. The van der Waals surface area contributed by atoms with Crippen LogP contribution >= 0.6 is 23.1 Å². The van der Waals surface area contributed by atoms with Gasteiger partial charge in [0.25, 0.3) is 5.56 Å². The number of thiophene rings is 1. The molecule has 1 aliphatic carbocycles. The maximum absolute atomic E-state index is 13.2. The number of aryl methyl sites for hydroxylation is 1. The summed E-state index contributed by atoms with van der Waals surface area (Å²) in [5.74, 6) is 0.108. The number of hydrogen-bond donors (Lipinski definition) is 2. The smallest absolute Gasteiger partial charge is 0.321 e. The first-order valence-electron chi connectivity index (χ1n) is 9.80. The van der Waals surface area contributed by atoms with Gasteiger partial charge in [-0.3, -0.25) is 19.5 Å². The predicted octanol–water partition coefficient (Wildman–Crippen LogP) is 2.33. The summed E-state index contributed by atoms with van der Waals surface area (Å²) < 4.78 is 6.39. The molecule has 1 aliphatic rings. The van der Waals surface area contributed by atoms with E-state index in [0.717, 1.165) is 41.4 Å². The summed E-state index contributed by atoms with van der Waals surface area (Å²) >= 11 is 2.71. The number of thioether (sulfide) groups is 1. The van der Waals surface area contributed by atoms with Crippen molar-refractivity contribution < 1.29 is 14.3 Å². The molecule has 2 heterocycles. The third-order valence-corrected chi connectivity index (χ3v) is 6.99. The van der Waals surface area contributed by atoms with Gasteiger partial charge in [-0.25, -0.2) is 9.78 Å². The fourth-order valence-electron chi connectivity index (χ4n) is 3.41. The lowest BCUT2D eigenvalue weighted by Crippen LogP contribution is -2.41. The first-order valence-corrected chi connectivity index (χ1v) is 11.6. The number of methoxy groups -OCH3 is 1. The topological polar surface area (TPSA) is 102 Å². The largest absolute Gasteiger partial charge is 0.383 e. The number of hydrogen-bond acceptors (Lipinski definition) is 7. The molecule has 0 bridgehead atoms. The Bertz CT molecular complexity index is 1010. The van der Waals surface area contributed by atoms with E-state index in [0.29, 0.717) is 36.2 Å². The van der Waals surface area contributed by atoms with E-state index in [-0.39, 0.29) is 11.3 Å². The lowest BCUT2D eigenvalue weighted by atomic mass is 9.89. The number of carbonyl (C=O) groups is 2. The number of rotatable bonds is 8. The maximum Gasteiger partial charge on any atom is 0.321 e. The van der Waals surface area contributed by atoms with Crippen LogP contribution < -0.4 is 16.2 Å². The molecule has 0 saturated heterocycles. The Morgan fingerprint density at radius 1 is 1.47 bits per heavy atom. The Hall–Kier alpha value is -2.17. The normalized spacial score (nSPS) is 15.6. The Morgan fingerprint density at radius 3 is 3.00 bits per heavy atom. The highest BCUT2D eigenvalue weighted by molar-refractivity contribution is 7.99. The number of amides is 3. The number of carbonyl (C=O) groups excluding carboxylic acids is 2. The van der Waals surface area contributed by atoms with Crippen LogP contribution in [0.2, 0.25) is 0 Å². The summed E-state index contributed by atoms with van der Waals surface area (Å²) in [6, 6.07) is -0.579. The van der Waals surface area contributed by atoms with E-state index in [2.05, 4.69) is 24.1 Å². The highest BCUT2D eigenvalue weighted by Gasteiger charge is 2.24. The van der Waals surface area contributed by atoms with Crippen LogP contribution in [-0.4, -0.2) is 47.5 Å². The second-order valence-corrected chi connectivity index (χ2v) is 9.24. The molecule has 3 amide bonds. The zero-order valence-corrected chi connectivity index (χ0v) is 18.8. The quantitative estimate of drug-likeness (QED) is 0.277. The standard InChI is InChI=1S/C20H26N4O4S2/c1-4-8-24-18(26)16-13-6-5-12(2)10-14(13)30-17(16)23-20(24)29-11-15(25)22-19(27)21-7-9-28-3/h4,12H,1,5-11H2,2-3H3,(H2,21,22,25,27). The molecule has 10 heteroatoms. The number of urea groups is 1. The molecule has 162 valence electrons. The number of allylic oxidation sites excluding steroid dienone is 1. The van der Waals surface area contributed by atoms with Crippen LogP contribution in [0.1, 0.15) is 23.8 Å². The van der Waals surface area contributed by atoms with Crippen molar-refractivity contribution in [1.29, 1.82) is 0 Å². The molecule has 0 aromatic carbocycles. The van der Waals surface area contributed by atoms with Gasteiger partial charge in [0, 0.05) is 25.1 Å². The fraction of sp³-hybridized carbons (Fsp3) is 0.500. The van der Waals surface area contributed by atoms with Gasteiger partial charge in [0.05, 0.1) is 17.7 Å². The number of nitrogens with one attached hydrogen (secondary N) is 2. The fourth-order valence-corrected chi connectivity index (χ4v) is 5.64. The molecule has 0 fully saturated rings. The van der Waals surface area contributed by atoms with Crippen molar-refractivity contribution >= 4 is 45.3 Å². The summed E-state index contributed by atoms with van der Waals surface area (Å²) in [5, 5.41) is 5.94. The molecule has 0 saturated carbocycles. The predicted molar refractivity (Wildman–Crippen MR) is 119 cm³/mol. The number of fused-ring (bicyclic) bond motifs is 3. The highest BCUT2D eigenvalue weighted by atomic mass is 32.2. The van der Waals surface area contributed by atoms with E-state index in [4.69, 9.17) is 9.72 Å². The van der Waals surface area contributed by atoms with Crippen LogP contribution in [0.5, 0.6) is 0 Å². The minimum Gasteiger partial charge on any atom is -0.383 e. The third kappa shape index (κ3) is 5.11. The SMILES string of the molecule is C=CCn1c(SCC(=O)NC(=O)NCCOC)nc2sc3c(c2c1=O)CCC(C)C3. The number of ether oxygens (including phenoxy) is 1. The molecule has 0 aliphatic heterocycles. The van der Waals surface area contributed by atoms with Gasteiger partial charge in [-0.15, -0.1) is 17.9 Å². The van der Waals surface area contributed by atoms with Gasteiger partial charge in [-0.2, -0.15) is 0 Å². The van der Waals surface area contributed by atoms with E-state index >= 15 is 0 Å². The van der Waals surface area contributed by atoms with Crippen molar-refractivity contribution in [2.45, 2.75) is 37.9 Å². The van der Waals surface area contributed by atoms with Crippen LogP contribution in [0.25, 0.3) is 10.2 Å². The molecule has 0 spiro atoms. The van der Waals surface area contributed by atoms with Crippen LogP contribution in [0.3, 0.4) is 0 Å². The van der Waals surface area contributed by atoms with Crippen LogP contribution in [0.4, 0.5) is 4.79 Å². The van der Waals surface area contributed by atoms with Crippen molar-refractivity contribution in [2.75, 3.05) is 26.0 Å². The van der Waals surface area contributed by atoms with E-state index in [1.165, 1.54) is 12.0 Å². The summed E-state index contributed by atoms with van der Waals surface area (Å²) in [4.78, 5) is 43.7. The first kappa shape index (κ1) is 22.5. The number of imide groups is 1. The lowest BCUT2D eigenvalue weighted by Gasteiger charge is -2.17. The Kier molecular flexibility index (Phi) is 7.68. The van der Waals surface area contributed by atoms with Crippen molar-refractivity contribution in [2.24, 2.45) is 5.92 Å². The summed E-state index contributed by atoms with van der Waals surface area (Å²) in [6.07, 6.45) is 4.58. The molecule has 2 aromatic rings. The van der Waals surface area contributed by atoms with Gasteiger partial charge >= 0.3 is 6.03 Å². The average Bonchev–Trinajstić information content (AvgIpc) is 3.06. The Balaban J connectivity index is 1.79. The van der Waals surface area contributed by atoms with Crippen LogP contribution in [0, 0.1) is 5.92 Å². The Labute approximate surface area is 183 Å². The highest BCUT2D eigenvalue weighted by Crippen LogP contribution is 2.36. The molecule has 1 unspecified atom stereocenters. The molecule has 30 heavy (non-hydrogen) atoms. The minimum atomic E-state index is -0.579. The zero-order chi connectivity index (χ0) is 21.7. The molecular weight excluding hydrogens is 424 g/mol. The van der Waals surface area contributed by atoms with Crippen LogP contribution in [-0.2, 0) is 28.9 Å². The van der Waals surface area contributed by atoms with Gasteiger partial charge in [0.1, 0.15) is 4.83 Å². The van der Waals surface area contributed by atoms with Crippen molar-refractivity contribution in [1.82, 2.24) is 20.2 Å². The number of nitrogens with zero attached hydrogens (tertiary/aromatic N) is 2. The second-order valence-electron chi connectivity index (χ2n) is 7.22. The monoisotopic (exact) mass is 450 g/mol. The maximum atomic E-state index is 13.2. The molecule has 2 aromatic heterocycles. The summed E-state index contributed by atoms with van der Waals surface area (Å²) in [6.45, 7) is 6.94. The first-order chi connectivity index (χ1) is 14.4. The van der Waals surface area contributed by atoms with Gasteiger partial charge < -0.3 is 10.1 Å². The van der Waals surface area contributed by atoms with E-state index < -0.39 is 11.9 Å². The van der Waals surface area contributed by atoms with E-state index in [9.17, 15) is 14.4 Å². The molecule has 1 atom stereocenters. The molecule has 0 radical (unpaired) electrons. The van der Waals surface area contributed by atoms with Gasteiger partial charge in [-0.05, 0) is 30.7 Å². The summed E-state index contributed by atoms with van der Waals surface area (Å²) in [5.41, 5.74) is 1.04. The minimum absolute atomic E-state index is 0.0328. The van der Waals surface area contributed by atoms with Crippen molar-refractivity contribution in [3.8, 4) is 0 Å².